The molecule has 0 bridgehead atoms. The summed E-state index contributed by atoms with van der Waals surface area (Å²) >= 11 is 0. The number of rotatable bonds is 5. The number of hydrogen-bond acceptors (Lipinski definition) is 3. The van der Waals surface area contributed by atoms with Gasteiger partial charge in [0.1, 0.15) is 0 Å². The van der Waals surface area contributed by atoms with E-state index in [4.69, 9.17) is 5.11 Å². The van der Waals surface area contributed by atoms with E-state index in [2.05, 4.69) is 29.2 Å². The molecule has 0 aliphatic carbocycles. The van der Waals surface area contributed by atoms with Gasteiger partial charge >= 0.3 is 5.97 Å². The van der Waals surface area contributed by atoms with Crippen LogP contribution >= 0.6 is 0 Å². The molecule has 18 heavy (non-hydrogen) atoms. The fourth-order valence-electron chi connectivity index (χ4n) is 2.39. The van der Waals surface area contributed by atoms with Gasteiger partial charge in [-0.1, -0.05) is 12.1 Å². The number of carboxylic acids is 1. The van der Waals surface area contributed by atoms with Crippen molar-refractivity contribution in [2.45, 2.75) is 19.4 Å². The molecule has 4 heteroatoms. The van der Waals surface area contributed by atoms with E-state index in [0.29, 0.717) is 6.54 Å². The average Bonchev–Trinajstić information content (AvgIpc) is 2.82. The predicted octanol–water partition coefficient (Wildman–Crippen LogP) is 1.80. The normalized spacial score (nSPS) is 15.3. The fourth-order valence-corrected chi connectivity index (χ4v) is 2.39. The Kier molecular flexibility index (Phi) is 4.20. The number of aliphatic carboxylic acids is 1. The Morgan fingerprint density at radius 3 is 2.44 bits per heavy atom. The minimum absolute atomic E-state index is 0.0773. The number of carbonyl (C=O) groups is 1. The lowest BCUT2D eigenvalue weighted by Gasteiger charge is -2.19. The van der Waals surface area contributed by atoms with Gasteiger partial charge in [0, 0.05) is 25.3 Å². The molecule has 1 saturated heterocycles. The van der Waals surface area contributed by atoms with Gasteiger partial charge in [-0.15, -0.1) is 0 Å². The van der Waals surface area contributed by atoms with Crippen LogP contribution in [0.3, 0.4) is 0 Å². The van der Waals surface area contributed by atoms with E-state index < -0.39 is 5.97 Å². The molecule has 1 aliphatic heterocycles. The van der Waals surface area contributed by atoms with Crippen molar-refractivity contribution in [1.29, 1.82) is 0 Å². The molecule has 1 aromatic carbocycles. The molecule has 98 valence electrons. The highest BCUT2D eigenvalue weighted by Gasteiger charge is 2.12. The number of hydrogen-bond donors (Lipinski definition) is 1. The molecule has 0 saturated carbocycles. The van der Waals surface area contributed by atoms with Crippen LogP contribution in [0.1, 0.15) is 18.4 Å². The van der Waals surface area contributed by atoms with E-state index in [1.807, 2.05) is 7.05 Å². The first-order valence-corrected chi connectivity index (χ1v) is 6.39. The van der Waals surface area contributed by atoms with Gasteiger partial charge in [0.2, 0.25) is 0 Å². The van der Waals surface area contributed by atoms with Crippen LogP contribution in [0.2, 0.25) is 0 Å². The van der Waals surface area contributed by atoms with E-state index in [-0.39, 0.29) is 6.54 Å². The number of nitrogens with zero attached hydrogens (tertiary/aromatic N) is 2. The number of likely N-dealkylation sites (N-methyl/N-ethyl adjacent to an activating group) is 1. The van der Waals surface area contributed by atoms with E-state index in [1.165, 1.54) is 18.5 Å². The number of benzene rings is 1. The van der Waals surface area contributed by atoms with Crippen molar-refractivity contribution in [2.24, 2.45) is 0 Å². The van der Waals surface area contributed by atoms with Gasteiger partial charge in [-0.25, -0.2) is 0 Å². The van der Waals surface area contributed by atoms with Crippen molar-refractivity contribution in [2.75, 3.05) is 31.6 Å². The van der Waals surface area contributed by atoms with E-state index in [0.717, 1.165) is 18.7 Å². The number of anilines is 1. The van der Waals surface area contributed by atoms with Crippen LogP contribution in [-0.4, -0.2) is 42.7 Å². The SMILES string of the molecule is CN(CC(=O)O)Cc1ccc(N2CCCC2)cc1. The molecule has 0 atom stereocenters. The smallest absolute Gasteiger partial charge is 0.317 e. The molecule has 0 spiro atoms. The van der Waals surface area contributed by atoms with Gasteiger partial charge < -0.3 is 10.0 Å². The van der Waals surface area contributed by atoms with Crippen LogP contribution in [0.4, 0.5) is 5.69 Å². The first kappa shape index (κ1) is 12.9. The Morgan fingerprint density at radius 1 is 1.28 bits per heavy atom. The number of carboxylic acid groups (broad SMARTS) is 1. The van der Waals surface area contributed by atoms with Crippen molar-refractivity contribution >= 4 is 11.7 Å². The van der Waals surface area contributed by atoms with E-state index >= 15 is 0 Å². The van der Waals surface area contributed by atoms with Crippen molar-refractivity contribution < 1.29 is 9.90 Å². The maximum Gasteiger partial charge on any atom is 0.317 e. The summed E-state index contributed by atoms with van der Waals surface area (Å²) < 4.78 is 0. The monoisotopic (exact) mass is 248 g/mol. The first-order valence-electron chi connectivity index (χ1n) is 6.39. The molecule has 0 radical (unpaired) electrons. The molecule has 4 nitrogen and oxygen atoms in total. The minimum atomic E-state index is -0.786. The second-order valence-electron chi connectivity index (χ2n) is 4.93. The van der Waals surface area contributed by atoms with Gasteiger partial charge in [0.25, 0.3) is 0 Å². The lowest BCUT2D eigenvalue weighted by atomic mass is 10.2. The van der Waals surface area contributed by atoms with Crippen molar-refractivity contribution in [1.82, 2.24) is 4.90 Å². The molecule has 1 aromatic rings. The van der Waals surface area contributed by atoms with Crippen LogP contribution in [0.25, 0.3) is 0 Å². The van der Waals surface area contributed by atoms with Gasteiger partial charge in [-0.05, 0) is 37.6 Å². The summed E-state index contributed by atoms with van der Waals surface area (Å²) in [4.78, 5) is 14.8. The summed E-state index contributed by atoms with van der Waals surface area (Å²) in [5.41, 5.74) is 2.43. The largest absolute Gasteiger partial charge is 0.480 e. The molecular formula is C14H20N2O2. The molecule has 2 rings (SSSR count). The fraction of sp³-hybridized carbons (Fsp3) is 0.500. The summed E-state index contributed by atoms with van der Waals surface area (Å²) in [5.74, 6) is -0.786. The lowest BCUT2D eigenvalue weighted by Crippen LogP contribution is -2.25. The zero-order chi connectivity index (χ0) is 13.0. The second kappa shape index (κ2) is 5.87. The first-order chi connectivity index (χ1) is 8.65. The highest BCUT2D eigenvalue weighted by molar-refractivity contribution is 5.69. The molecule has 1 fully saturated rings. The molecule has 0 amide bonds. The molecule has 0 aromatic heterocycles. The lowest BCUT2D eigenvalue weighted by molar-refractivity contribution is -0.138. The Balaban J connectivity index is 1.92. The van der Waals surface area contributed by atoms with Crippen molar-refractivity contribution in [3.8, 4) is 0 Å². The summed E-state index contributed by atoms with van der Waals surface area (Å²) in [6.07, 6.45) is 2.56. The molecule has 1 heterocycles. The van der Waals surface area contributed by atoms with Gasteiger partial charge in [-0.2, -0.15) is 0 Å². The summed E-state index contributed by atoms with van der Waals surface area (Å²) in [5, 5.41) is 8.70. The predicted molar refractivity (Wildman–Crippen MR) is 71.9 cm³/mol. The van der Waals surface area contributed by atoms with Crippen LogP contribution in [0, 0.1) is 0 Å². The third-order valence-electron chi connectivity index (χ3n) is 3.27. The summed E-state index contributed by atoms with van der Waals surface area (Å²) in [6, 6.07) is 8.45. The molecule has 1 N–H and O–H groups in total. The zero-order valence-electron chi connectivity index (χ0n) is 10.8. The van der Waals surface area contributed by atoms with Crippen molar-refractivity contribution in [3.63, 3.8) is 0 Å². The Labute approximate surface area is 108 Å². The second-order valence-corrected chi connectivity index (χ2v) is 4.93. The molecule has 0 unspecified atom stereocenters. The van der Waals surface area contributed by atoms with Crippen LogP contribution in [-0.2, 0) is 11.3 Å². The molecule has 1 aliphatic rings. The quantitative estimate of drug-likeness (QED) is 0.863. The van der Waals surface area contributed by atoms with Gasteiger partial charge in [-0.3, -0.25) is 9.69 Å². The van der Waals surface area contributed by atoms with Crippen LogP contribution in [0.5, 0.6) is 0 Å². The molecular weight excluding hydrogens is 228 g/mol. The van der Waals surface area contributed by atoms with E-state index in [1.54, 1.807) is 4.90 Å². The van der Waals surface area contributed by atoms with Crippen molar-refractivity contribution in [3.05, 3.63) is 29.8 Å². The van der Waals surface area contributed by atoms with E-state index in [9.17, 15) is 4.79 Å². The van der Waals surface area contributed by atoms with Gasteiger partial charge in [0.05, 0.1) is 6.54 Å². The Morgan fingerprint density at radius 2 is 1.89 bits per heavy atom. The highest BCUT2D eigenvalue weighted by atomic mass is 16.4. The van der Waals surface area contributed by atoms with Crippen LogP contribution in [0.15, 0.2) is 24.3 Å². The Bertz CT molecular complexity index is 397. The zero-order valence-corrected chi connectivity index (χ0v) is 10.8. The third kappa shape index (κ3) is 3.47. The highest BCUT2D eigenvalue weighted by Crippen LogP contribution is 2.20. The van der Waals surface area contributed by atoms with Gasteiger partial charge in [0.15, 0.2) is 0 Å². The topological polar surface area (TPSA) is 43.8 Å². The maximum atomic E-state index is 10.6. The maximum absolute atomic E-state index is 10.6. The Hall–Kier alpha value is -1.55. The van der Waals surface area contributed by atoms with Crippen LogP contribution < -0.4 is 4.90 Å². The summed E-state index contributed by atoms with van der Waals surface area (Å²) in [6.45, 7) is 3.05. The summed E-state index contributed by atoms with van der Waals surface area (Å²) in [7, 11) is 1.82. The standard InChI is InChI=1S/C14H20N2O2/c1-15(11-14(17)18)10-12-4-6-13(7-5-12)16-8-2-3-9-16/h4-7H,2-3,8-11H2,1H3,(H,17,18). The average molecular weight is 248 g/mol. The minimum Gasteiger partial charge on any atom is -0.480 e. The third-order valence-corrected chi connectivity index (χ3v) is 3.27.